The van der Waals surface area contributed by atoms with Crippen molar-refractivity contribution in [3.05, 3.63) is 58.7 Å². The lowest BCUT2D eigenvalue weighted by Gasteiger charge is -2.11. The molecular weight excluding hydrogens is 361 g/mol. The summed E-state index contributed by atoms with van der Waals surface area (Å²) in [5.41, 5.74) is 2.17. The number of nitrogens with zero attached hydrogens (tertiary/aromatic N) is 1. The highest BCUT2D eigenvalue weighted by atomic mass is 35.5. The van der Waals surface area contributed by atoms with Crippen molar-refractivity contribution in [1.29, 1.82) is 0 Å². The van der Waals surface area contributed by atoms with Crippen LogP contribution in [0.4, 0.5) is 0 Å². The van der Waals surface area contributed by atoms with Crippen LogP contribution in [0, 0.1) is 0 Å². The normalized spacial score (nSPS) is 10.9. The Labute approximate surface area is 155 Å². The van der Waals surface area contributed by atoms with Crippen LogP contribution in [-0.2, 0) is 17.7 Å². The molecule has 0 radical (unpaired) electrons. The lowest BCUT2D eigenvalue weighted by atomic mass is 10.2. The summed E-state index contributed by atoms with van der Waals surface area (Å²) in [5.74, 6) is 1.34. The van der Waals surface area contributed by atoms with E-state index < -0.39 is 5.97 Å². The predicted octanol–water partition coefficient (Wildman–Crippen LogP) is 5.54. The van der Waals surface area contributed by atoms with E-state index in [1.807, 2.05) is 24.3 Å². The molecule has 0 aliphatic carbocycles. The summed E-state index contributed by atoms with van der Waals surface area (Å²) >= 11 is 12.1. The Morgan fingerprint density at radius 2 is 1.88 bits per heavy atom. The third-order valence-electron chi connectivity index (χ3n) is 3.89. The van der Waals surface area contributed by atoms with Crippen LogP contribution in [0.2, 0.25) is 5.02 Å². The van der Waals surface area contributed by atoms with Crippen molar-refractivity contribution in [2.24, 2.45) is 7.05 Å². The first-order chi connectivity index (χ1) is 12.0. The van der Waals surface area contributed by atoms with Crippen molar-refractivity contribution in [2.75, 3.05) is 6.61 Å². The number of carbonyl (C=O) groups excluding carboxylic acids is 1. The van der Waals surface area contributed by atoms with E-state index in [-0.39, 0.29) is 0 Å². The first-order valence-electron chi connectivity index (χ1n) is 7.83. The maximum absolute atomic E-state index is 12.1. The molecule has 0 aliphatic heterocycles. The van der Waals surface area contributed by atoms with E-state index in [1.54, 1.807) is 36.7 Å². The van der Waals surface area contributed by atoms with Gasteiger partial charge < -0.3 is 14.0 Å². The van der Waals surface area contributed by atoms with Gasteiger partial charge in [-0.3, -0.25) is 0 Å². The minimum atomic E-state index is -0.394. The lowest BCUT2D eigenvalue weighted by molar-refractivity contribution is 0.0516. The van der Waals surface area contributed by atoms with Crippen LogP contribution in [0.15, 0.2) is 42.5 Å². The minimum absolute atomic E-state index is 0.310. The van der Waals surface area contributed by atoms with E-state index in [0.29, 0.717) is 34.7 Å². The van der Waals surface area contributed by atoms with Crippen LogP contribution in [0.25, 0.3) is 10.9 Å². The van der Waals surface area contributed by atoms with E-state index in [0.717, 1.165) is 16.5 Å². The number of rotatable bonds is 5. The van der Waals surface area contributed by atoms with Gasteiger partial charge >= 0.3 is 5.97 Å². The molecule has 3 aromatic rings. The smallest absolute Gasteiger partial charge is 0.354 e. The number of esters is 1. The molecule has 0 amide bonds. The molecule has 2 aromatic carbocycles. The van der Waals surface area contributed by atoms with Gasteiger partial charge in [-0.1, -0.05) is 23.7 Å². The van der Waals surface area contributed by atoms with Gasteiger partial charge in [-0.25, -0.2) is 4.79 Å². The maximum Gasteiger partial charge on any atom is 0.354 e. The van der Waals surface area contributed by atoms with Crippen molar-refractivity contribution in [2.45, 2.75) is 12.8 Å². The average molecular weight is 378 g/mol. The maximum atomic E-state index is 12.1. The van der Waals surface area contributed by atoms with E-state index in [4.69, 9.17) is 32.7 Å². The number of carbonyl (C=O) groups is 1. The minimum Gasteiger partial charge on any atom is -0.461 e. The Balaban J connectivity index is 2.05. The third-order valence-corrected chi connectivity index (χ3v) is 4.53. The fourth-order valence-corrected chi connectivity index (χ4v) is 3.04. The molecule has 1 heterocycles. The number of ether oxygens (including phenoxy) is 2. The first kappa shape index (κ1) is 17.6. The Kier molecular flexibility index (Phi) is 5.21. The van der Waals surface area contributed by atoms with Gasteiger partial charge in [-0.05, 0) is 42.8 Å². The van der Waals surface area contributed by atoms with Gasteiger partial charge in [0, 0.05) is 18.3 Å². The molecule has 0 saturated carbocycles. The summed E-state index contributed by atoms with van der Waals surface area (Å²) < 4.78 is 12.8. The summed E-state index contributed by atoms with van der Waals surface area (Å²) in [7, 11) is 1.79. The van der Waals surface area contributed by atoms with Gasteiger partial charge in [0.25, 0.3) is 0 Å². The van der Waals surface area contributed by atoms with E-state index in [1.165, 1.54) is 0 Å². The van der Waals surface area contributed by atoms with Crippen molar-refractivity contribution in [1.82, 2.24) is 4.57 Å². The van der Waals surface area contributed by atoms with E-state index in [9.17, 15) is 4.79 Å². The van der Waals surface area contributed by atoms with Crippen LogP contribution in [0.5, 0.6) is 11.5 Å². The van der Waals surface area contributed by atoms with Crippen LogP contribution >= 0.6 is 23.2 Å². The average Bonchev–Trinajstić information content (AvgIpc) is 2.97. The first-order valence-corrected chi connectivity index (χ1v) is 8.74. The standard InChI is InChI=1S/C19H17Cl2NO3/c1-3-24-19(23)16-10-14-15(21)8-9-17(18(14)22(16)2)25-13-6-4-12(11-20)5-7-13/h4-10H,3,11H2,1-2H3. The number of benzene rings is 2. The molecule has 0 spiro atoms. The molecule has 0 unspecified atom stereocenters. The van der Waals surface area contributed by atoms with Crippen molar-refractivity contribution < 1.29 is 14.3 Å². The Bertz CT molecular complexity index is 917. The SMILES string of the molecule is CCOC(=O)c1cc2c(Cl)ccc(Oc3ccc(CCl)cc3)c2n1C. The monoisotopic (exact) mass is 377 g/mol. The van der Waals surface area contributed by atoms with Crippen molar-refractivity contribution >= 4 is 40.1 Å². The van der Waals surface area contributed by atoms with Gasteiger partial charge in [0.2, 0.25) is 0 Å². The molecule has 0 N–H and O–H groups in total. The number of halogens is 2. The summed E-state index contributed by atoms with van der Waals surface area (Å²) in [6, 6.07) is 12.8. The molecule has 0 aliphatic rings. The van der Waals surface area contributed by atoms with Crippen LogP contribution < -0.4 is 4.74 Å². The summed E-state index contributed by atoms with van der Waals surface area (Å²) in [5, 5.41) is 1.29. The lowest BCUT2D eigenvalue weighted by Crippen LogP contribution is -2.09. The van der Waals surface area contributed by atoms with Crippen LogP contribution in [-0.4, -0.2) is 17.1 Å². The number of hydrogen-bond donors (Lipinski definition) is 0. The second-order valence-electron chi connectivity index (χ2n) is 5.50. The highest BCUT2D eigenvalue weighted by molar-refractivity contribution is 6.35. The third kappa shape index (κ3) is 3.46. The molecular formula is C19H17Cl2NO3. The van der Waals surface area contributed by atoms with E-state index in [2.05, 4.69) is 0 Å². The topological polar surface area (TPSA) is 40.5 Å². The largest absolute Gasteiger partial charge is 0.461 e. The zero-order chi connectivity index (χ0) is 18.0. The zero-order valence-corrected chi connectivity index (χ0v) is 15.4. The fraction of sp³-hybridized carbons (Fsp3) is 0.211. The fourth-order valence-electron chi connectivity index (χ4n) is 2.66. The molecule has 3 rings (SSSR count). The molecule has 130 valence electrons. The molecule has 0 saturated heterocycles. The van der Waals surface area contributed by atoms with Crippen molar-refractivity contribution in [3.63, 3.8) is 0 Å². The Hall–Kier alpha value is -2.17. The number of aromatic nitrogens is 1. The Morgan fingerprint density at radius 3 is 2.52 bits per heavy atom. The van der Waals surface area contributed by atoms with Gasteiger partial charge in [-0.2, -0.15) is 0 Å². The number of alkyl halides is 1. The number of aryl methyl sites for hydroxylation is 1. The molecule has 0 fully saturated rings. The molecule has 0 atom stereocenters. The highest BCUT2D eigenvalue weighted by Gasteiger charge is 2.19. The second-order valence-corrected chi connectivity index (χ2v) is 6.17. The molecule has 6 heteroatoms. The van der Waals surface area contributed by atoms with Gasteiger partial charge in [0.05, 0.1) is 17.1 Å². The van der Waals surface area contributed by atoms with Crippen molar-refractivity contribution in [3.8, 4) is 11.5 Å². The van der Waals surface area contributed by atoms with Gasteiger partial charge in [0.1, 0.15) is 11.4 Å². The quantitative estimate of drug-likeness (QED) is 0.432. The summed E-state index contributed by atoms with van der Waals surface area (Å²) in [6.07, 6.45) is 0. The van der Waals surface area contributed by atoms with Crippen LogP contribution in [0.3, 0.4) is 0 Å². The highest BCUT2D eigenvalue weighted by Crippen LogP contribution is 2.36. The predicted molar refractivity (Wildman–Crippen MR) is 100.0 cm³/mol. The summed E-state index contributed by atoms with van der Waals surface area (Å²) in [4.78, 5) is 12.1. The Morgan fingerprint density at radius 1 is 1.16 bits per heavy atom. The second kappa shape index (κ2) is 7.38. The van der Waals surface area contributed by atoms with E-state index >= 15 is 0 Å². The summed E-state index contributed by atoms with van der Waals surface area (Å²) in [6.45, 7) is 2.08. The number of hydrogen-bond acceptors (Lipinski definition) is 3. The molecule has 1 aromatic heterocycles. The van der Waals surface area contributed by atoms with Gasteiger partial charge in [-0.15, -0.1) is 11.6 Å². The number of fused-ring (bicyclic) bond motifs is 1. The van der Waals surface area contributed by atoms with Gasteiger partial charge in [0.15, 0.2) is 5.75 Å². The molecule has 25 heavy (non-hydrogen) atoms. The molecule has 4 nitrogen and oxygen atoms in total. The van der Waals surface area contributed by atoms with Crippen LogP contribution in [0.1, 0.15) is 23.0 Å². The zero-order valence-electron chi connectivity index (χ0n) is 13.9. The molecule has 0 bridgehead atoms.